The third-order valence-corrected chi connectivity index (χ3v) is 4.01. The van der Waals surface area contributed by atoms with E-state index in [0.29, 0.717) is 17.2 Å². The lowest BCUT2D eigenvalue weighted by atomic mass is 10.2. The number of hydrogen-bond donors (Lipinski definition) is 2. The number of aliphatic hydroxyl groups excluding tert-OH is 1. The molecule has 20 heavy (non-hydrogen) atoms. The van der Waals surface area contributed by atoms with E-state index in [1.54, 1.807) is 11.0 Å². The minimum Gasteiger partial charge on any atom is -0.396 e. The van der Waals surface area contributed by atoms with Crippen molar-refractivity contribution in [3.8, 4) is 0 Å². The standard InChI is InChI=1S/C14H18N2O3S/c1-10-8-13(18)15-11-4-2-3-5-12(11)16(10)14(19)9-20-7-6-17/h2-5,10,17H,6-9H2,1H3,(H,15,18)/t10-/m0/s1. The summed E-state index contributed by atoms with van der Waals surface area (Å²) in [6.45, 7) is 1.93. The fraction of sp³-hybridized carbons (Fsp3) is 0.429. The van der Waals surface area contributed by atoms with Gasteiger partial charge in [0.1, 0.15) is 0 Å². The van der Waals surface area contributed by atoms with E-state index < -0.39 is 0 Å². The fourth-order valence-electron chi connectivity index (χ4n) is 2.26. The molecule has 1 aliphatic heterocycles. The van der Waals surface area contributed by atoms with Gasteiger partial charge in [-0.1, -0.05) is 12.1 Å². The average Bonchev–Trinajstić information content (AvgIpc) is 2.53. The molecule has 2 N–H and O–H groups in total. The molecule has 5 nitrogen and oxygen atoms in total. The molecule has 1 aromatic carbocycles. The van der Waals surface area contributed by atoms with Gasteiger partial charge in [-0.05, 0) is 19.1 Å². The van der Waals surface area contributed by atoms with Gasteiger partial charge in [-0.25, -0.2) is 0 Å². The minimum absolute atomic E-state index is 0.0418. The van der Waals surface area contributed by atoms with Crippen LogP contribution in [0.1, 0.15) is 13.3 Å². The molecule has 2 amide bonds. The molecule has 0 fully saturated rings. The van der Waals surface area contributed by atoms with Crippen molar-refractivity contribution in [2.24, 2.45) is 0 Å². The molecule has 1 heterocycles. The lowest BCUT2D eigenvalue weighted by Gasteiger charge is -2.27. The Bertz CT molecular complexity index is 507. The number of fused-ring (bicyclic) bond motifs is 1. The molecule has 0 bridgehead atoms. The Morgan fingerprint density at radius 2 is 2.25 bits per heavy atom. The first kappa shape index (κ1) is 14.9. The number of carbonyl (C=O) groups is 2. The molecule has 1 aromatic rings. The first-order chi connectivity index (χ1) is 9.63. The highest BCUT2D eigenvalue weighted by Crippen LogP contribution is 2.31. The molecule has 0 saturated heterocycles. The van der Waals surface area contributed by atoms with Crippen LogP contribution in [-0.4, -0.2) is 41.1 Å². The number of nitrogens with one attached hydrogen (secondary N) is 1. The average molecular weight is 294 g/mol. The molecule has 1 aliphatic rings. The van der Waals surface area contributed by atoms with Crippen LogP contribution >= 0.6 is 11.8 Å². The van der Waals surface area contributed by atoms with Crippen molar-refractivity contribution in [1.29, 1.82) is 0 Å². The molecule has 0 aliphatic carbocycles. The summed E-state index contributed by atoms with van der Waals surface area (Å²) < 4.78 is 0. The topological polar surface area (TPSA) is 69.6 Å². The molecule has 1 atom stereocenters. The molecular weight excluding hydrogens is 276 g/mol. The number of para-hydroxylation sites is 2. The highest BCUT2D eigenvalue weighted by Gasteiger charge is 2.29. The van der Waals surface area contributed by atoms with Crippen LogP contribution < -0.4 is 10.2 Å². The first-order valence-electron chi connectivity index (χ1n) is 6.53. The molecular formula is C14H18N2O3S. The van der Waals surface area contributed by atoms with E-state index in [1.165, 1.54) is 11.8 Å². The Morgan fingerprint density at radius 3 is 3.00 bits per heavy atom. The third kappa shape index (κ3) is 3.32. The van der Waals surface area contributed by atoms with Gasteiger partial charge in [-0.2, -0.15) is 0 Å². The van der Waals surface area contributed by atoms with Crippen molar-refractivity contribution < 1.29 is 14.7 Å². The SMILES string of the molecule is C[C@H]1CC(=O)Nc2ccccc2N1C(=O)CSCCO. The summed E-state index contributed by atoms with van der Waals surface area (Å²) in [6.07, 6.45) is 0.283. The molecule has 0 saturated carbocycles. The summed E-state index contributed by atoms with van der Waals surface area (Å²) in [5.74, 6) is 0.711. The van der Waals surface area contributed by atoms with E-state index in [0.717, 1.165) is 5.69 Å². The van der Waals surface area contributed by atoms with Crippen molar-refractivity contribution in [3.05, 3.63) is 24.3 Å². The van der Waals surface area contributed by atoms with Gasteiger partial charge >= 0.3 is 0 Å². The largest absolute Gasteiger partial charge is 0.396 e. The van der Waals surface area contributed by atoms with E-state index in [4.69, 9.17) is 5.11 Å². The smallest absolute Gasteiger partial charge is 0.237 e. The van der Waals surface area contributed by atoms with Crippen molar-refractivity contribution in [3.63, 3.8) is 0 Å². The number of aliphatic hydroxyl groups is 1. The second-order valence-corrected chi connectivity index (χ2v) is 5.76. The van der Waals surface area contributed by atoms with Gasteiger partial charge in [0, 0.05) is 18.2 Å². The summed E-state index contributed by atoms with van der Waals surface area (Å²) >= 11 is 1.39. The predicted molar refractivity (Wildman–Crippen MR) is 81.0 cm³/mol. The number of nitrogens with zero attached hydrogens (tertiary/aromatic N) is 1. The molecule has 2 rings (SSSR count). The quantitative estimate of drug-likeness (QED) is 0.825. The summed E-state index contributed by atoms with van der Waals surface area (Å²) in [6, 6.07) is 7.14. The van der Waals surface area contributed by atoms with E-state index in [9.17, 15) is 9.59 Å². The van der Waals surface area contributed by atoms with Crippen LogP contribution in [0.25, 0.3) is 0 Å². The number of benzene rings is 1. The number of rotatable bonds is 4. The molecule has 6 heteroatoms. The van der Waals surface area contributed by atoms with E-state index in [2.05, 4.69) is 5.32 Å². The molecule has 0 spiro atoms. The number of amides is 2. The Morgan fingerprint density at radius 1 is 1.50 bits per heavy atom. The van der Waals surface area contributed by atoms with E-state index in [1.807, 2.05) is 25.1 Å². The van der Waals surface area contributed by atoms with Gasteiger partial charge in [0.05, 0.1) is 23.7 Å². The Kier molecular flexibility index (Phi) is 5.03. The van der Waals surface area contributed by atoms with Crippen LogP contribution in [0.2, 0.25) is 0 Å². The summed E-state index contributed by atoms with van der Waals surface area (Å²) in [4.78, 5) is 25.9. The predicted octanol–water partition coefficient (Wildman–Crippen LogP) is 1.48. The van der Waals surface area contributed by atoms with Gasteiger partial charge in [0.2, 0.25) is 11.8 Å². The number of thioether (sulfide) groups is 1. The van der Waals surface area contributed by atoms with Gasteiger partial charge in [0.15, 0.2) is 0 Å². The fourth-order valence-corrected chi connectivity index (χ4v) is 2.85. The van der Waals surface area contributed by atoms with Gasteiger partial charge in [-0.15, -0.1) is 11.8 Å². The molecule has 0 radical (unpaired) electrons. The lowest BCUT2D eigenvalue weighted by Crippen LogP contribution is -2.40. The molecule has 108 valence electrons. The van der Waals surface area contributed by atoms with Crippen LogP contribution in [0.3, 0.4) is 0 Å². The van der Waals surface area contributed by atoms with Gasteiger partial charge in [-0.3, -0.25) is 9.59 Å². The zero-order valence-corrected chi connectivity index (χ0v) is 12.2. The highest BCUT2D eigenvalue weighted by molar-refractivity contribution is 7.99. The second kappa shape index (κ2) is 6.76. The minimum atomic E-state index is -0.180. The van der Waals surface area contributed by atoms with Gasteiger partial charge < -0.3 is 15.3 Å². The first-order valence-corrected chi connectivity index (χ1v) is 7.68. The zero-order valence-electron chi connectivity index (χ0n) is 11.3. The van der Waals surface area contributed by atoms with Crippen molar-refractivity contribution in [2.75, 3.05) is 28.3 Å². The molecule has 0 aromatic heterocycles. The highest BCUT2D eigenvalue weighted by atomic mass is 32.2. The van der Waals surface area contributed by atoms with Gasteiger partial charge in [0.25, 0.3) is 0 Å². The van der Waals surface area contributed by atoms with Crippen molar-refractivity contribution >= 4 is 35.0 Å². The van der Waals surface area contributed by atoms with E-state index in [-0.39, 0.29) is 30.9 Å². The monoisotopic (exact) mass is 294 g/mol. The lowest BCUT2D eigenvalue weighted by molar-refractivity contribution is -0.117. The van der Waals surface area contributed by atoms with E-state index >= 15 is 0 Å². The zero-order chi connectivity index (χ0) is 14.5. The van der Waals surface area contributed by atoms with Crippen molar-refractivity contribution in [2.45, 2.75) is 19.4 Å². The van der Waals surface area contributed by atoms with Crippen molar-refractivity contribution in [1.82, 2.24) is 0 Å². The van der Waals surface area contributed by atoms with Crippen LogP contribution in [0, 0.1) is 0 Å². The maximum absolute atomic E-state index is 12.4. The summed E-state index contributed by atoms with van der Waals surface area (Å²) in [5, 5.41) is 11.6. The number of anilines is 2. The Hall–Kier alpha value is -1.53. The second-order valence-electron chi connectivity index (χ2n) is 4.66. The number of carbonyl (C=O) groups excluding carboxylic acids is 2. The maximum atomic E-state index is 12.4. The third-order valence-electron chi connectivity index (χ3n) is 3.09. The van der Waals surface area contributed by atoms with Crippen LogP contribution in [-0.2, 0) is 9.59 Å². The normalized spacial score (nSPS) is 18.2. The van der Waals surface area contributed by atoms with Crippen LogP contribution in [0.5, 0.6) is 0 Å². The maximum Gasteiger partial charge on any atom is 0.237 e. The Balaban J connectivity index is 2.25. The Labute approximate surface area is 122 Å². The summed E-state index contributed by atoms with van der Waals surface area (Å²) in [5.41, 5.74) is 1.41. The number of hydrogen-bond acceptors (Lipinski definition) is 4. The van der Waals surface area contributed by atoms with Crippen LogP contribution in [0.4, 0.5) is 11.4 Å². The summed E-state index contributed by atoms with van der Waals surface area (Å²) in [7, 11) is 0. The van der Waals surface area contributed by atoms with Crippen LogP contribution in [0.15, 0.2) is 24.3 Å². The molecule has 0 unspecified atom stereocenters.